The fraction of sp³-hybridized carbons (Fsp3) is 0.647. The van der Waals surface area contributed by atoms with Crippen LogP contribution in [-0.2, 0) is 12.8 Å². The van der Waals surface area contributed by atoms with Crippen LogP contribution in [0.25, 0.3) is 0 Å². The second-order valence-electron chi connectivity index (χ2n) is 6.29. The van der Waals surface area contributed by atoms with Gasteiger partial charge in [-0.05, 0) is 70.3 Å². The minimum Gasteiger partial charge on any atom is -0.308 e. The minimum atomic E-state index is 0.433. The molecule has 2 atom stereocenters. The number of likely N-dealkylation sites (N-methyl/N-ethyl adjacent to an activating group) is 1. The average molecular weight is 260 g/mol. The summed E-state index contributed by atoms with van der Waals surface area (Å²) in [5, 5.41) is 3.69. The molecule has 0 spiro atoms. The second-order valence-corrected chi connectivity index (χ2v) is 6.29. The van der Waals surface area contributed by atoms with Gasteiger partial charge in [0.1, 0.15) is 0 Å². The van der Waals surface area contributed by atoms with Gasteiger partial charge in [0.05, 0.1) is 0 Å². The van der Waals surface area contributed by atoms with Gasteiger partial charge in [0.2, 0.25) is 0 Å². The van der Waals surface area contributed by atoms with Gasteiger partial charge >= 0.3 is 0 Å². The van der Waals surface area contributed by atoms with Gasteiger partial charge in [-0.3, -0.25) is 0 Å². The topological polar surface area (TPSA) is 15.3 Å². The summed E-state index contributed by atoms with van der Waals surface area (Å²) in [7, 11) is 4.25. The van der Waals surface area contributed by atoms with Crippen LogP contribution in [0.15, 0.2) is 18.2 Å². The van der Waals surface area contributed by atoms with Crippen LogP contribution in [0.1, 0.15) is 49.4 Å². The van der Waals surface area contributed by atoms with Crippen molar-refractivity contribution in [3.05, 3.63) is 34.9 Å². The Balaban J connectivity index is 2.00. The van der Waals surface area contributed by atoms with E-state index in [2.05, 4.69) is 56.4 Å². The summed E-state index contributed by atoms with van der Waals surface area (Å²) >= 11 is 0. The number of rotatable bonds is 5. The molecule has 1 aromatic carbocycles. The number of fused-ring (bicyclic) bond motifs is 1. The summed E-state index contributed by atoms with van der Waals surface area (Å²) in [6, 6.07) is 8.03. The normalized spacial score (nSPS) is 18.2. The lowest BCUT2D eigenvalue weighted by Crippen LogP contribution is -2.37. The third-order valence-corrected chi connectivity index (χ3v) is 4.05. The lowest BCUT2D eigenvalue weighted by Gasteiger charge is -2.24. The van der Waals surface area contributed by atoms with Crippen LogP contribution < -0.4 is 5.32 Å². The largest absolute Gasteiger partial charge is 0.308 e. The van der Waals surface area contributed by atoms with Gasteiger partial charge in [-0.25, -0.2) is 0 Å². The van der Waals surface area contributed by atoms with E-state index in [-0.39, 0.29) is 0 Å². The monoisotopic (exact) mass is 260 g/mol. The van der Waals surface area contributed by atoms with Crippen molar-refractivity contribution in [2.75, 3.05) is 20.6 Å². The van der Waals surface area contributed by atoms with Crippen molar-refractivity contribution >= 4 is 0 Å². The van der Waals surface area contributed by atoms with E-state index < -0.39 is 0 Å². The molecular formula is C17H28N2. The molecular weight excluding hydrogens is 232 g/mol. The number of hydrogen-bond donors (Lipinski definition) is 1. The van der Waals surface area contributed by atoms with Crippen LogP contribution in [0.3, 0.4) is 0 Å². The molecule has 0 saturated carbocycles. The highest BCUT2D eigenvalue weighted by molar-refractivity contribution is 5.35. The number of nitrogens with one attached hydrogen (secondary N) is 1. The molecule has 1 aliphatic rings. The number of benzene rings is 1. The maximum absolute atomic E-state index is 3.69. The maximum Gasteiger partial charge on any atom is 0.0294 e. The summed E-state index contributed by atoms with van der Waals surface area (Å²) in [5.74, 6) is 0. The molecule has 19 heavy (non-hydrogen) atoms. The summed E-state index contributed by atoms with van der Waals surface area (Å²) in [6.45, 7) is 5.61. The van der Waals surface area contributed by atoms with Crippen molar-refractivity contribution in [1.29, 1.82) is 0 Å². The third-order valence-electron chi connectivity index (χ3n) is 4.05. The zero-order chi connectivity index (χ0) is 13.8. The molecule has 2 unspecified atom stereocenters. The van der Waals surface area contributed by atoms with Crippen molar-refractivity contribution in [2.24, 2.45) is 0 Å². The highest BCUT2D eigenvalue weighted by Gasteiger charge is 2.14. The van der Waals surface area contributed by atoms with E-state index in [0.717, 1.165) is 6.54 Å². The highest BCUT2D eigenvalue weighted by Crippen LogP contribution is 2.24. The first kappa shape index (κ1) is 14.5. The minimum absolute atomic E-state index is 0.433. The van der Waals surface area contributed by atoms with E-state index in [1.54, 1.807) is 11.1 Å². The molecule has 0 fully saturated rings. The Kier molecular flexibility index (Phi) is 5.00. The fourth-order valence-electron chi connectivity index (χ4n) is 3.15. The second kappa shape index (κ2) is 6.53. The van der Waals surface area contributed by atoms with Gasteiger partial charge in [-0.2, -0.15) is 0 Å². The number of nitrogens with zero attached hydrogens (tertiary/aromatic N) is 1. The van der Waals surface area contributed by atoms with Crippen LogP contribution in [0, 0.1) is 0 Å². The number of aryl methyl sites for hydroxylation is 2. The molecule has 2 nitrogen and oxygen atoms in total. The molecule has 2 heteroatoms. The summed E-state index contributed by atoms with van der Waals surface area (Å²) < 4.78 is 0. The standard InChI is InChI=1S/C17H28N2/c1-13(12-19(3)4)18-14(2)16-10-9-15-7-5-6-8-17(15)11-16/h9-11,13-14,18H,5-8,12H2,1-4H3. The van der Waals surface area contributed by atoms with E-state index in [4.69, 9.17) is 0 Å². The molecule has 106 valence electrons. The van der Waals surface area contributed by atoms with Gasteiger partial charge < -0.3 is 10.2 Å². The van der Waals surface area contributed by atoms with Gasteiger partial charge in [0.25, 0.3) is 0 Å². The first-order valence-electron chi connectivity index (χ1n) is 7.58. The van der Waals surface area contributed by atoms with Gasteiger partial charge in [-0.1, -0.05) is 18.2 Å². The molecule has 0 amide bonds. The Hall–Kier alpha value is -0.860. The maximum atomic E-state index is 3.69. The lowest BCUT2D eigenvalue weighted by atomic mass is 9.89. The van der Waals surface area contributed by atoms with Gasteiger partial charge in [-0.15, -0.1) is 0 Å². The Labute approximate surface area is 118 Å². The van der Waals surface area contributed by atoms with E-state index in [9.17, 15) is 0 Å². The predicted octanol–water partition coefficient (Wildman–Crippen LogP) is 3.17. The Morgan fingerprint density at radius 2 is 1.79 bits per heavy atom. The van der Waals surface area contributed by atoms with Gasteiger partial charge in [0.15, 0.2) is 0 Å². The highest BCUT2D eigenvalue weighted by atomic mass is 15.1. The molecule has 1 aromatic rings. The molecule has 2 rings (SSSR count). The van der Waals surface area contributed by atoms with Crippen molar-refractivity contribution < 1.29 is 0 Å². The molecule has 0 saturated heterocycles. The van der Waals surface area contributed by atoms with E-state index >= 15 is 0 Å². The van der Waals surface area contributed by atoms with Crippen LogP contribution >= 0.6 is 0 Å². The average Bonchev–Trinajstić information content (AvgIpc) is 2.37. The summed E-state index contributed by atoms with van der Waals surface area (Å²) in [6.07, 6.45) is 5.26. The zero-order valence-corrected chi connectivity index (χ0v) is 12.9. The first-order chi connectivity index (χ1) is 9.06. The quantitative estimate of drug-likeness (QED) is 0.875. The van der Waals surface area contributed by atoms with Crippen molar-refractivity contribution in [3.63, 3.8) is 0 Å². The van der Waals surface area contributed by atoms with Crippen LogP contribution in [0.5, 0.6) is 0 Å². The number of hydrogen-bond acceptors (Lipinski definition) is 2. The zero-order valence-electron chi connectivity index (χ0n) is 12.9. The van der Waals surface area contributed by atoms with E-state index in [1.807, 2.05) is 0 Å². The predicted molar refractivity (Wildman–Crippen MR) is 82.7 cm³/mol. The lowest BCUT2D eigenvalue weighted by molar-refractivity contribution is 0.334. The van der Waals surface area contributed by atoms with E-state index in [1.165, 1.54) is 31.2 Å². The molecule has 1 N–H and O–H groups in total. The third kappa shape index (κ3) is 4.05. The molecule has 0 aromatic heterocycles. The smallest absolute Gasteiger partial charge is 0.0294 e. The SMILES string of the molecule is CC(CN(C)C)NC(C)c1ccc2c(c1)CCCC2. The summed E-state index contributed by atoms with van der Waals surface area (Å²) in [5.41, 5.74) is 4.59. The molecule has 0 heterocycles. The Morgan fingerprint density at radius 3 is 2.47 bits per heavy atom. The molecule has 0 radical (unpaired) electrons. The van der Waals surface area contributed by atoms with E-state index in [0.29, 0.717) is 12.1 Å². The fourth-order valence-corrected chi connectivity index (χ4v) is 3.15. The Bertz CT molecular complexity index is 412. The van der Waals surface area contributed by atoms with Crippen molar-refractivity contribution in [3.8, 4) is 0 Å². The molecule has 0 aliphatic heterocycles. The van der Waals surface area contributed by atoms with Crippen LogP contribution in [0.2, 0.25) is 0 Å². The molecule has 1 aliphatic carbocycles. The Morgan fingerprint density at radius 1 is 1.11 bits per heavy atom. The first-order valence-corrected chi connectivity index (χ1v) is 7.58. The van der Waals surface area contributed by atoms with Crippen molar-refractivity contribution in [2.45, 2.75) is 51.6 Å². The van der Waals surface area contributed by atoms with Gasteiger partial charge in [0, 0.05) is 18.6 Å². The summed E-state index contributed by atoms with van der Waals surface area (Å²) in [4.78, 5) is 2.23. The van der Waals surface area contributed by atoms with Crippen molar-refractivity contribution in [1.82, 2.24) is 10.2 Å². The van der Waals surface area contributed by atoms with Crippen LogP contribution in [-0.4, -0.2) is 31.6 Å². The van der Waals surface area contributed by atoms with Crippen LogP contribution in [0.4, 0.5) is 0 Å². The molecule has 0 bridgehead atoms.